The third-order valence-electron chi connectivity index (χ3n) is 4.65. The molecule has 0 saturated heterocycles. The maximum absolute atomic E-state index is 11.8. The third-order valence-corrected chi connectivity index (χ3v) is 4.65. The molecule has 2 aromatic carbocycles. The van der Waals surface area contributed by atoms with Crippen LogP contribution < -0.4 is 23.7 Å². The zero-order valence-electron chi connectivity index (χ0n) is 17.6. The van der Waals surface area contributed by atoms with Gasteiger partial charge in [0.15, 0.2) is 29.1 Å². The number of benzene rings is 2. The van der Waals surface area contributed by atoms with E-state index in [0.717, 1.165) is 11.1 Å². The molecule has 7 heteroatoms. The first kappa shape index (κ1) is 21.4. The molecule has 2 aromatic rings. The highest BCUT2D eigenvalue weighted by Crippen LogP contribution is 2.42. The Balaban J connectivity index is 1.93. The van der Waals surface area contributed by atoms with Gasteiger partial charge in [-0.3, -0.25) is 4.79 Å². The minimum Gasteiger partial charge on any atom is -0.493 e. The van der Waals surface area contributed by atoms with E-state index in [1.807, 2.05) is 25.1 Å². The van der Waals surface area contributed by atoms with E-state index in [4.69, 9.17) is 28.4 Å². The molecule has 0 aromatic heterocycles. The lowest BCUT2D eigenvalue weighted by molar-refractivity contribution is -0.151. The summed E-state index contributed by atoms with van der Waals surface area (Å²) in [5, 5.41) is 0. The van der Waals surface area contributed by atoms with Crippen LogP contribution in [0.3, 0.4) is 0 Å². The van der Waals surface area contributed by atoms with Crippen LogP contribution in [0, 0.1) is 0 Å². The Hall–Kier alpha value is -3.35. The highest BCUT2D eigenvalue weighted by molar-refractivity contribution is 5.66. The quantitative estimate of drug-likeness (QED) is 0.449. The van der Waals surface area contributed by atoms with Crippen molar-refractivity contribution in [1.82, 2.24) is 0 Å². The van der Waals surface area contributed by atoms with E-state index in [2.05, 4.69) is 6.58 Å². The molecule has 1 heterocycles. The van der Waals surface area contributed by atoms with Crippen molar-refractivity contribution in [3.63, 3.8) is 0 Å². The van der Waals surface area contributed by atoms with Crippen LogP contribution in [0.4, 0.5) is 0 Å². The van der Waals surface area contributed by atoms with Crippen LogP contribution in [0.15, 0.2) is 43.0 Å². The Kier molecular flexibility index (Phi) is 6.72. The molecule has 1 aliphatic rings. The number of carbonyl (C=O) groups is 1. The summed E-state index contributed by atoms with van der Waals surface area (Å²) >= 11 is 0. The molecule has 0 unspecified atom stereocenters. The van der Waals surface area contributed by atoms with Gasteiger partial charge >= 0.3 is 5.97 Å². The van der Waals surface area contributed by atoms with Crippen LogP contribution in [0.5, 0.6) is 28.7 Å². The van der Waals surface area contributed by atoms with Crippen molar-refractivity contribution in [2.45, 2.75) is 32.5 Å². The van der Waals surface area contributed by atoms with Gasteiger partial charge in [0.05, 0.1) is 14.2 Å². The number of carbonyl (C=O) groups excluding carboxylic acids is 1. The molecule has 0 spiro atoms. The predicted octanol–water partition coefficient (Wildman–Crippen LogP) is 4.23. The Morgan fingerprint density at radius 2 is 1.80 bits per heavy atom. The number of allylic oxidation sites excluding steroid dienone is 1. The normalized spacial score (nSPS) is 13.9. The molecular formula is C23H26O7. The smallest absolute Gasteiger partial charge is 0.303 e. The summed E-state index contributed by atoms with van der Waals surface area (Å²) in [5.41, 5.74) is 1.70. The highest BCUT2D eigenvalue weighted by atomic mass is 16.7. The monoisotopic (exact) mass is 414 g/mol. The maximum Gasteiger partial charge on any atom is 0.303 e. The predicted molar refractivity (Wildman–Crippen MR) is 111 cm³/mol. The van der Waals surface area contributed by atoms with E-state index < -0.39 is 18.2 Å². The number of esters is 1. The van der Waals surface area contributed by atoms with Gasteiger partial charge < -0.3 is 28.4 Å². The van der Waals surface area contributed by atoms with Gasteiger partial charge in [0.2, 0.25) is 12.5 Å². The molecule has 3 rings (SSSR count). The lowest BCUT2D eigenvalue weighted by Gasteiger charge is -2.26. The standard InChI is InChI=1S/C23H26O7/c1-6-7-16-10-20(25-4)23(21(11-16)26-5)29-14(2)22(30-15(3)24)17-8-9-18-19(12-17)28-13-27-18/h6,8-12,14,22H,1,7,13H2,2-5H3/t14-,22-/m0/s1. The molecule has 2 atom stereocenters. The van der Waals surface area contributed by atoms with Gasteiger partial charge in [0, 0.05) is 12.5 Å². The molecule has 0 fully saturated rings. The summed E-state index contributed by atoms with van der Waals surface area (Å²) < 4.78 is 33.6. The lowest BCUT2D eigenvalue weighted by atomic mass is 10.0. The van der Waals surface area contributed by atoms with Gasteiger partial charge in [0.25, 0.3) is 0 Å². The molecule has 0 aliphatic carbocycles. The van der Waals surface area contributed by atoms with Gasteiger partial charge in [-0.1, -0.05) is 12.1 Å². The van der Waals surface area contributed by atoms with E-state index in [1.54, 1.807) is 32.4 Å². The summed E-state index contributed by atoms with van der Waals surface area (Å²) in [7, 11) is 3.12. The Morgan fingerprint density at radius 1 is 1.13 bits per heavy atom. The molecule has 0 radical (unpaired) electrons. The Labute approximate surface area is 176 Å². The number of rotatable bonds is 9. The number of methoxy groups -OCH3 is 2. The first-order valence-electron chi connectivity index (χ1n) is 9.56. The Bertz CT molecular complexity index is 897. The molecule has 30 heavy (non-hydrogen) atoms. The summed E-state index contributed by atoms with van der Waals surface area (Å²) in [6, 6.07) is 9.13. The molecule has 7 nitrogen and oxygen atoms in total. The molecular weight excluding hydrogens is 388 g/mol. The largest absolute Gasteiger partial charge is 0.493 e. The van der Waals surface area contributed by atoms with E-state index in [0.29, 0.717) is 35.2 Å². The molecule has 160 valence electrons. The zero-order valence-corrected chi connectivity index (χ0v) is 17.6. The lowest BCUT2D eigenvalue weighted by Crippen LogP contribution is -2.26. The van der Waals surface area contributed by atoms with Gasteiger partial charge in [0.1, 0.15) is 6.10 Å². The minimum atomic E-state index is -0.681. The highest BCUT2D eigenvalue weighted by Gasteiger charge is 2.28. The number of hydrogen-bond acceptors (Lipinski definition) is 7. The molecule has 1 aliphatic heterocycles. The fraction of sp³-hybridized carbons (Fsp3) is 0.348. The molecule has 0 saturated carbocycles. The zero-order chi connectivity index (χ0) is 21.7. The molecule has 0 N–H and O–H groups in total. The first-order chi connectivity index (χ1) is 14.5. The second-order valence-electron chi connectivity index (χ2n) is 6.79. The summed E-state index contributed by atoms with van der Waals surface area (Å²) in [6.07, 6.45) is 1.23. The van der Waals surface area contributed by atoms with Gasteiger partial charge in [-0.25, -0.2) is 0 Å². The van der Waals surface area contributed by atoms with Crippen LogP contribution in [0.25, 0.3) is 0 Å². The van der Waals surface area contributed by atoms with Gasteiger partial charge in [-0.15, -0.1) is 6.58 Å². The van der Waals surface area contributed by atoms with Gasteiger partial charge in [-0.2, -0.15) is 0 Å². The molecule has 0 amide bonds. The van der Waals surface area contributed by atoms with Crippen LogP contribution >= 0.6 is 0 Å². The Morgan fingerprint density at radius 3 is 2.40 bits per heavy atom. The topological polar surface area (TPSA) is 72.5 Å². The fourth-order valence-corrected chi connectivity index (χ4v) is 3.29. The van der Waals surface area contributed by atoms with E-state index in [-0.39, 0.29) is 6.79 Å². The minimum absolute atomic E-state index is 0.161. The van der Waals surface area contributed by atoms with Crippen LogP contribution in [-0.4, -0.2) is 33.1 Å². The first-order valence-corrected chi connectivity index (χ1v) is 9.56. The maximum atomic E-state index is 11.8. The van der Waals surface area contributed by atoms with Crippen molar-refractivity contribution < 1.29 is 33.2 Å². The second-order valence-corrected chi connectivity index (χ2v) is 6.79. The second kappa shape index (κ2) is 9.43. The summed E-state index contributed by atoms with van der Waals surface area (Å²) in [6.45, 7) is 7.10. The van der Waals surface area contributed by atoms with Crippen molar-refractivity contribution in [2.24, 2.45) is 0 Å². The van der Waals surface area contributed by atoms with Crippen molar-refractivity contribution in [3.05, 3.63) is 54.1 Å². The molecule has 0 bridgehead atoms. The van der Waals surface area contributed by atoms with Crippen LogP contribution in [0.1, 0.15) is 31.1 Å². The SMILES string of the molecule is C=CCc1cc(OC)c(O[C@@H](C)[C@H](OC(C)=O)c2ccc3c(c2)OCO3)c(OC)c1. The average Bonchev–Trinajstić information content (AvgIpc) is 3.20. The van der Waals surface area contributed by atoms with E-state index in [9.17, 15) is 4.79 Å². The van der Waals surface area contributed by atoms with Crippen molar-refractivity contribution in [2.75, 3.05) is 21.0 Å². The number of ether oxygens (including phenoxy) is 6. The average molecular weight is 414 g/mol. The van der Waals surface area contributed by atoms with Gasteiger partial charge in [-0.05, 0) is 43.2 Å². The van der Waals surface area contributed by atoms with Crippen molar-refractivity contribution in [3.8, 4) is 28.7 Å². The third kappa shape index (κ3) is 4.62. The summed E-state index contributed by atoms with van der Waals surface area (Å²) in [5.74, 6) is 2.29. The number of fused-ring (bicyclic) bond motifs is 1. The number of hydrogen-bond donors (Lipinski definition) is 0. The van der Waals surface area contributed by atoms with Crippen molar-refractivity contribution >= 4 is 5.97 Å². The van der Waals surface area contributed by atoms with Crippen molar-refractivity contribution in [1.29, 1.82) is 0 Å². The van der Waals surface area contributed by atoms with Crippen LogP contribution in [-0.2, 0) is 16.0 Å². The summed E-state index contributed by atoms with van der Waals surface area (Å²) in [4.78, 5) is 11.8. The van der Waals surface area contributed by atoms with E-state index in [1.165, 1.54) is 6.92 Å². The fourth-order valence-electron chi connectivity index (χ4n) is 3.29. The van der Waals surface area contributed by atoms with E-state index >= 15 is 0 Å². The van der Waals surface area contributed by atoms with Crippen LogP contribution in [0.2, 0.25) is 0 Å².